The third kappa shape index (κ3) is 5.02. The van der Waals surface area contributed by atoms with Gasteiger partial charge in [-0.2, -0.15) is 0 Å². The van der Waals surface area contributed by atoms with E-state index in [-0.39, 0.29) is 5.91 Å². The predicted molar refractivity (Wildman–Crippen MR) is 101 cm³/mol. The standard InChI is InChI=1S/C18H33N7O/c1-3-22-8-5-16(13-22)14-24(4-2)18(26)17-15-25(21-20-17)12-11-23-9-6-19-7-10-23/h15-16,19H,3-14H2,1-2H3/t16-/m0/s1. The smallest absolute Gasteiger partial charge is 0.276 e. The highest BCUT2D eigenvalue weighted by molar-refractivity contribution is 5.91. The number of carbonyl (C=O) groups excluding carboxylic acids is 1. The number of hydrogen-bond acceptors (Lipinski definition) is 6. The van der Waals surface area contributed by atoms with Crippen molar-refractivity contribution in [3.8, 4) is 0 Å². The summed E-state index contributed by atoms with van der Waals surface area (Å²) >= 11 is 0. The zero-order valence-electron chi connectivity index (χ0n) is 16.2. The van der Waals surface area contributed by atoms with Crippen LogP contribution in [0.4, 0.5) is 0 Å². The van der Waals surface area contributed by atoms with Crippen LogP contribution in [0.15, 0.2) is 6.20 Å². The van der Waals surface area contributed by atoms with Gasteiger partial charge < -0.3 is 15.1 Å². The summed E-state index contributed by atoms with van der Waals surface area (Å²) in [4.78, 5) is 19.6. The number of piperazine rings is 1. The number of nitrogens with zero attached hydrogens (tertiary/aromatic N) is 6. The van der Waals surface area contributed by atoms with Crippen LogP contribution in [0, 0.1) is 5.92 Å². The first kappa shape index (κ1) is 19.3. The maximum atomic E-state index is 12.8. The number of hydrogen-bond donors (Lipinski definition) is 1. The Labute approximate surface area is 156 Å². The van der Waals surface area contributed by atoms with Crippen LogP contribution < -0.4 is 5.32 Å². The van der Waals surface area contributed by atoms with Crippen LogP contribution in [-0.4, -0.2) is 101 Å². The Balaban J connectivity index is 1.50. The van der Waals surface area contributed by atoms with E-state index < -0.39 is 0 Å². The molecule has 146 valence electrons. The third-order valence-corrected chi connectivity index (χ3v) is 5.58. The molecule has 0 aliphatic carbocycles. The van der Waals surface area contributed by atoms with E-state index >= 15 is 0 Å². The lowest BCUT2D eigenvalue weighted by Gasteiger charge is -2.26. The molecule has 0 radical (unpaired) electrons. The highest BCUT2D eigenvalue weighted by Crippen LogP contribution is 2.17. The molecule has 0 unspecified atom stereocenters. The molecule has 2 saturated heterocycles. The molecule has 1 atom stereocenters. The Morgan fingerprint density at radius 3 is 2.73 bits per heavy atom. The van der Waals surface area contributed by atoms with Crippen molar-refractivity contribution in [1.29, 1.82) is 0 Å². The van der Waals surface area contributed by atoms with Gasteiger partial charge in [-0.05, 0) is 32.4 Å². The van der Waals surface area contributed by atoms with E-state index in [1.54, 1.807) is 10.9 Å². The molecule has 2 aliphatic heterocycles. The number of nitrogens with one attached hydrogen (secondary N) is 1. The van der Waals surface area contributed by atoms with Crippen molar-refractivity contribution in [2.75, 3.05) is 65.4 Å². The van der Waals surface area contributed by atoms with Gasteiger partial charge in [0.05, 0.1) is 12.7 Å². The summed E-state index contributed by atoms with van der Waals surface area (Å²) in [5.41, 5.74) is 0.470. The molecule has 1 aromatic heterocycles. The molecule has 8 nitrogen and oxygen atoms in total. The normalized spacial score (nSPS) is 22.0. The first-order chi connectivity index (χ1) is 12.7. The number of aromatic nitrogens is 3. The summed E-state index contributed by atoms with van der Waals surface area (Å²) in [6, 6.07) is 0. The molecule has 8 heteroatoms. The van der Waals surface area contributed by atoms with Gasteiger partial charge >= 0.3 is 0 Å². The summed E-state index contributed by atoms with van der Waals surface area (Å²) in [7, 11) is 0. The highest BCUT2D eigenvalue weighted by Gasteiger charge is 2.26. The van der Waals surface area contributed by atoms with Gasteiger partial charge in [0.2, 0.25) is 0 Å². The summed E-state index contributed by atoms with van der Waals surface area (Å²) < 4.78 is 1.80. The first-order valence-corrected chi connectivity index (χ1v) is 10.0. The minimum atomic E-state index is 0.0101. The predicted octanol–water partition coefficient (Wildman–Crippen LogP) is -0.0128. The van der Waals surface area contributed by atoms with Gasteiger partial charge in [0.15, 0.2) is 5.69 Å². The molecule has 0 bridgehead atoms. The summed E-state index contributed by atoms with van der Waals surface area (Å²) in [5.74, 6) is 0.581. The summed E-state index contributed by atoms with van der Waals surface area (Å²) in [5, 5.41) is 11.7. The summed E-state index contributed by atoms with van der Waals surface area (Å²) in [6.45, 7) is 15.1. The van der Waals surface area contributed by atoms with E-state index in [0.717, 1.165) is 72.0 Å². The Hall–Kier alpha value is -1.51. The monoisotopic (exact) mass is 363 g/mol. The van der Waals surface area contributed by atoms with Crippen molar-refractivity contribution in [2.45, 2.75) is 26.8 Å². The largest absolute Gasteiger partial charge is 0.337 e. The maximum absolute atomic E-state index is 12.8. The molecule has 2 aliphatic rings. The van der Waals surface area contributed by atoms with Crippen LogP contribution in [0.1, 0.15) is 30.8 Å². The average molecular weight is 364 g/mol. The second kappa shape index (κ2) is 9.43. The number of rotatable bonds is 8. The van der Waals surface area contributed by atoms with Crippen LogP contribution in [0.2, 0.25) is 0 Å². The van der Waals surface area contributed by atoms with Gasteiger partial charge in [0, 0.05) is 52.4 Å². The van der Waals surface area contributed by atoms with Crippen LogP contribution in [-0.2, 0) is 6.54 Å². The molecular weight excluding hydrogens is 330 g/mol. The number of amides is 1. The fraction of sp³-hybridized carbons (Fsp3) is 0.833. The summed E-state index contributed by atoms with van der Waals surface area (Å²) in [6.07, 6.45) is 2.98. The molecule has 26 heavy (non-hydrogen) atoms. The molecule has 3 heterocycles. The lowest BCUT2D eigenvalue weighted by atomic mass is 10.1. The van der Waals surface area contributed by atoms with Gasteiger partial charge in [-0.1, -0.05) is 12.1 Å². The van der Waals surface area contributed by atoms with Crippen LogP contribution in [0.25, 0.3) is 0 Å². The Morgan fingerprint density at radius 1 is 1.23 bits per heavy atom. The van der Waals surface area contributed by atoms with E-state index in [2.05, 4.69) is 32.4 Å². The zero-order valence-corrected chi connectivity index (χ0v) is 16.2. The Bertz CT molecular complexity index is 570. The Kier molecular flexibility index (Phi) is 6.99. The minimum Gasteiger partial charge on any atom is -0.337 e. The molecule has 1 amide bonds. The van der Waals surface area contributed by atoms with Gasteiger partial charge in [0.1, 0.15) is 0 Å². The molecule has 1 aromatic rings. The number of likely N-dealkylation sites (tertiary alicyclic amines) is 1. The third-order valence-electron chi connectivity index (χ3n) is 5.58. The fourth-order valence-corrected chi connectivity index (χ4v) is 3.86. The van der Waals surface area contributed by atoms with Crippen LogP contribution in [0.3, 0.4) is 0 Å². The average Bonchev–Trinajstić information content (AvgIpc) is 3.34. The highest BCUT2D eigenvalue weighted by atomic mass is 16.2. The SMILES string of the molecule is CCN1CC[C@H](CN(CC)C(=O)c2cn(CCN3CCNCC3)nn2)C1. The maximum Gasteiger partial charge on any atom is 0.276 e. The van der Waals surface area contributed by atoms with Crippen molar-refractivity contribution in [3.63, 3.8) is 0 Å². The quantitative estimate of drug-likeness (QED) is 0.700. The second-order valence-corrected chi connectivity index (χ2v) is 7.35. The molecule has 2 fully saturated rings. The van der Waals surface area contributed by atoms with E-state index in [4.69, 9.17) is 0 Å². The number of carbonyl (C=O) groups is 1. The van der Waals surface area contributed by atoms with Gasteiger partial charge in [-0.25, -0.2) is 0 Å². The molecule has 0 aromatic carbocycles. The van der Waals surface area contributed by atoms with Crippen molar-refractivity contribution in [1.82, 2.24) is 35.0 Å². The van der Waals surface area contributed by atoms with Crippen molar-refractivity contribution >= 4 is 5.91 Å². The lowest BCUT2D eigenvalue weighted by molar-refractivity contribution is 0.0733. The van der Waals surface area contributed by atoms with E-state index in [1.165, 1.54) is 6.42 Å². The van der Waals surface area contributed by atoms with Crippen molar-refractivity contribution in [2.24, 2.45) is 5.92 Å². The fourth-order valence-electron chi connectivity index (χ4n) is 3.86. The second-order valence-electron chi connectivity index (χ2n) is 7.35. The molecule has 0 spiro atoms. The van der Waals surface area contributed by atoms with Crippen LogP contribution >= 0.6 is 0 Å². The van der Waals surface area contributed by atoms with Crippen molar-refractivity contribution < 1.29 is 4.79 Å². The van der Waals surface area contributed by atoms with E-state index in [9.17, 15) is 4.79 Å². The topological polar surface area (TPSA) is 69.5 Å². The lowest BCUT2D eigenvalue weighted by Crippen LogP contribution is -2.44. The van der Waals surface area contributed by atoms with E-state index in [0.29, 0.717) is 11.6 Å². The first-order valence-electron chi connectivity index (χ1n) is 10.0. The van der Waals surface area contributed by atoms with Gasteiger partial charge in [-0.15, -0.1) is 5.10 Å². The van der Waals surface area contributed by atoms with Gasteiger partial charge in [-0.3, -0.25) is 14.4 Å². The van der Waals surface area contributed by atoms with Gasteiger partial charge in [0.25, 0.3) is 5.91 Å². The molecule has 0 saturated carbocycles. The minimum absolute atomic E-state index is 0.0101. The van der Waals surface area contributed by atoms with E-state index in [1.807, 2.05) is 11.8 Å². The zero-order chi connectivity index (χ0) is 18.4. The molecule has 3 rings (SSSR count). The van der Waals surface area contributed by atoms with Crippen LogP contribution in [0.5, 0.6) is 0 Å². The van der Waals surface area contributed by atoms with Crippen molar-refractivity contribution in [3.05, 3.63) is 11.9 Å². The molecule has 1 N–H and O–H groups in total. The molecular formula is C18H33N7O. The Morgan fingerprint density at radius 2 is 2.04 bits per heavy atom.